The molecule has 1 saturated heterocycles. The lowest BCUT2D eigenvalue weighted by atomic mass is 10.1. The van der Waals surface area contributed by atoms with Gasteiger partial charge < -0.3 is 25.0 Å². The molecule has 30 heavy (non-hydrogen) atoms. The van der Waals surface area contributed by atoms with Crippen molar-refractivity contribution in [3.63, 3.8) is 0 Å². The Kier molecular flexibility index (Phi) is 7.19. The van der Waals surface area contributed by atoms with Crippen LogP contribution in [0.1, 0.15) is 37.6 Å². The lowest BCUT2D eigenvalue weighted by Gasteiger charge is -2.22. The largest absolute Gasteiger partial charge is 0.468 e. The fraction of sp³-hybridized carbons (Fsp3) is 0.526. The van der Waals surface area contributed by atoms with Crippen molar-refractivity contribution in [2.24, 2.45) is 0 Å². The Bertz CT molecular complexity index is 835. The SMILES string of the molecule is COC(=O)CNC(=O)c1ccc([N+](=O)[O-])c(N2CC[C@H](NC(=O)OC(C)(C)C)C2)c1. The zero-order chi connectivity index (χ0) is 22.5. The molecule has 2 rings (SSSR count). The summed E-state index contributed by atoms with van der Waals surface area (Å²) < 4.78 is 9.71. The van der Waals surface area contributed by atoms with Crippen LogP contribution in [0.4, 0.5) is 16.2 Å². The zero-order valence-electron chi connectivity index (χ0n) is 17.4. The minimum absolute atomic E-state index is 0.155. The number of benzene rings is 1. The second-order valence-corrected chi connectivity index (χ2v) is 7.80. The van der Waals surface area contributed by atoms with Crippen molar-refractivity contribution in [2.75, 3.05) is 31.6 Å². The highest BCUT2D eigenvalue weighted by Gasteiger charge is 2.30. The predicted molar refractivity (Wildman–Crippen MR) is 107 cm³/mol. The number of anilines is 1. The molecule has 2 amide bonds. The number of methoxy groups -OCH3 is 1. The van der Waals surface area contributed by atoms with Gasteiger partial charge in [-0.25, -0.2) is 4.79 Å². The fourth-order valence-electron chi connectivity index (χ4n) is 2.97. The van der Waals surface area contributed by atoms with Crippen LogP contribution < -0.4 is 15.5 Å². The lowest BCUT2D eigenvalue weighted by Crippen LogP contribution is -2.40. The van der Waals surface area contributed by atoms with Gasteiger partial charge in [0.25, 0.3) is 11.6 Å². The maximum atomic E-state index is 12.3. The average molecular weight is 422 g/mol. The predicted octanol–water partition coefficient (Wildman–Crippen LogP) is 1.60. The van der Waals surface area contributed by atoms with Crippen LogP contribution >= 0.6 is 0 Å². The number of hydrogen-bond acceptors (Lipinski definition) is 8. The van der Waals surface area contributed by atoms with Gasteiger partial charge in [-0.05, 0) is 39.3 Å². The summed E-state index contributed by atoms with van der Waals surface area (Å²) in [6, 6.07) is 3.72. The smallest absolute Gasteiger partial charge is 0.407 e. The molecule has 11 heteroatoms. The molecule has 11 nitrogen and oxygen atoms in total. The van der Waals surface area contributed by atoms with Crippen molar-refractivity contribution in [3.8, 4) is 0 Å². The Morgan fingerprint density at radius 3 is 2.60 bits per heavy atom. The molecule has 0 aliphatic carbocycles. The first-order valence-electron chi connectivity index (χ1n) is 9.38. The standard InChI is InChI=1S/C19H26N4O7/c1-19(2,3)30-18(26)21-13-7-8-22(11-13)15-9-12(5-6-14(15)23(27)28)17(25)20-10-16(24)29-4/h5-6,9,13H,7-8,10-11H2,1-4H3,(H,20,25)(H,21,26)/t13-/m0/s1. The van der Waals surface area contributed by atoms with Gasteiger partial charge in [0.2, 0.25) is 0 Å². The molecular weight excluding hydrogens is 396 g/mol. The highest BCUT2D eigenvalue weighted by molar-refractivity contribution is 5.97. The topological polar surface area (TPSA) is 140 Å². The number of nitro benzene ring substituents is 1. The van der Waals surface area contributed by atoms with Crippen LogP contribution in [0.2, 0.25) is 0 Å². The number of esters is 1. The second kappa shape index (κ2) is 9.42. The normalized spacial score (nSPS) is 16.0. The molecule has 2 N–H and O–H groups in total. The highest BCUT2D eigenvalue weighted by atomic mass is 16.6. The van der Waals surface area contributed by atoms with Crippen LogP contribution in [-0.2, 0) is 14.3 Å². The van der Waals surface area contributed by atoms with Gasteiger partial charge in [0.05, 0.1) is 18.1 Å². The minimum Gasteiger partial charge on any atom is -0.468 e. The number of nitrogens with zero attached hydrogens (tertiary/aromatic N) is 2. The molecule has 1 aliphatic heterocycles. The number of carbonyl (C=O) groups excluding carboxylic acids is 3. The molecule has 0 radical (unpaired) electrons. The van der Waals surface area contributed by atoms with Crippen molar-refractivity contribution in [2.45, 2.75) is 38.8 Å². The van der Waals surface area contributed by atoms with Gasteiger partial charge in [-0.15, -0.1) is 0 Å². The summed E-state index contributed by atoms with van der Waals surface area (Å²) >= 11 is 0. The molecule has 1 aromatic carbocycles. The molecule has 1 aromatic rings. The van der Waals surface area contributed by atoms with Crippen LogP contribution in [0.3, 0.4) is 0 Å². The maximum absolute atomic E-state index is 12.3. The van der Waals surface area contributed by atoms with E-state index in [1.54, 1.807) is 25.7 Å². The Labute approximate surface area is 173 Å². The van der Waals surface area contributed by atoms with Crippen molar-refractivity contribution in [1.82, 2.24) is 10.6 Å². The van der Waals surface area contributed by atoms with Gasteiger partial charge in [-0.2, -0.15) is 0 Å². The van der Waals surface area contributed by atoms with E-state index in [2.05, 4.69) is 15.4 Å². The average Bonchev–Trinajstić information content (AvgIpc) is 3.11. The summed E-state index contributed by atoms with van der Waals surface area (Å²) in [5, 5.41) is 16.6. The number of hydrogen-bond donors (Lipinski definition) is 2. The molecule has 1 aliphatic rings. The Hall–Kier alpha value is -3.37. The lowest BCUT2D eigenvalue weighted by molar-refractivity contribution is -0.384. The molecule has 0 bridgehead atoms. The van der Waals surface area contributed by atoms with Gasteiger partial charge in [0.1, 0.15) is 17.8 Å². The molecule has 0 unspecified atom stereocenters. The first-order valence-corrected chi connectivity index (χ1v) is 9.38. The van der Waals surface area contributed by atoms with E-state index in [9.17, 15) is 24.5 Å². The number of nitrogens with one attached hydrogen (secondary N) is 2. The summed E-state index contributed by atoms with van der Waals surface area (Å²) in [7, 11) is 1.20. The van der Waals surface area contributed by atoms with E-state index >= 15 is 0 Å². The molecule has 1 fully saturated rings. The number of amides is 2. The quantitative estimate of drug-likeness (QED) is 0.400. The summed E-state index contributed by atoms with van der Waals surface area (Å²) in [6.07, 6.45) is 0.00889. The first kappa shape index (κ1) is 22.9. The summed E-state index contributed by atoms with van der Waals surface area (Å²) in [5.74, 6) is -1.17. The van der Waals surface area contributed by atoms with Gasteiger partial charge in [0, 0.05) is 24.7 Å². The van der Waals surface area contributed by atoms with E-state index in [1.165, 1.54) is 25.3 Å². The molecule has 1 atom stereocenters. The van der Waals surface area contributed by atoms with Gasteiger partial charge in [-0.3, -0.25) is 19.7 Å². The van der Waals surface area contributed by atoms with E-state index in [0.717, 1.165) is 0 Å². The van der Waals surface area contributed by atoms with Gasteiger partial charge in [-0.1, -0.05) is 0 Å². The molecular formula is C19H26N4O7. The monoisotopic (exact) mass is 422 g/mol. The van der Waals surface area contributed by atoms with Crippen molar-refractivity contribution >= 4 is 29.3 Å². The Balaban J connectivity index is 2.13. The van der Waals surface area contributed by atoms with E-state index < -0.39 is 28.5 Å². The van der Waals surface area contributed by atoms with Crippen LogP contribution in [0.15, 0.2) is 18.2 Å². The number of nitro groups is 1. The van der Waals surface area contributed by atoms with Crippen LogP contribution in [-0.4, -0.2) is 61.3 Å². The van der Waals surface area contributed by atoms with Gasteiger partial charge >= 0.3 is 12.1 Å². The third-order valence-corrected chi connectivity index (χ3v) is 4.31. The molecule has 0 spiro atoms. The van der Waals surface area contributed by atoms with E-state index in [4.69, 9.17) is 4.74 Å². The number of carbonyl (C=O) groups is 3. The third-order valence-electron chi connectivity index (χ3n) is 4.31. The van der Waals surface area contributed by atoms with E-state index in [-0.39, 0.29) is 29.5 Å². The third kappa shape index (κ3) is 6.33. The fourth-order valence-corrected chi connectivity index (χ4v) is 2.97. The van der Waals surface area contributed by atoms with Crippen LogP contribution in [0.25, 0.3) is 0 Å². The maximum Gasteiger partial charge on any atom is 0.407 e. The minimum atomic E-state index is -0.632. The number of alkyl carbamates (subject to hydrolysis) is 1. The van der Waals surface area contributed by atoms with Gasteiger partial charge in [0.15, 0.2) is 0 Å². The van der Waals surface area contributed by atoms with Crippen molar-refractivity contribution in [3.05, 3.63) is 33.9 Å². The summed E-state index contributed by atoms with van der Waals surface area (Å²) in [4.78, 5) is 48.1. The number of rotatable bonds is 6. The van der Waals surface area contributed by atoms with E-state index in [0.29, 0.717) is 19.5 Å². The molecule has 0 saturated carbocycles. The van der Waals surface area contributed by atoms with Crippen LogP contribution in [0, 0.1) is 10.1 Å². The highest BCUT2D eigenvalue weighted by Crippen LogP contribution is 2.32. The van der Waals surface area contributed by atoms with Crippen LogP contribution in [0.5, 0.6) is 0 Å². The Morgan fingerprint density at radius 2 is 2.00 bits per heavy atom. The Morgan fingerprint density at radius 1 is 1.30 bits per heavy atom. The van der Waals surface area contributed by atoms with E-state index in [1.807, 2.05) is 0 Å². The number of ether oxygens (including phenoxy) is 2. The zero-order valence-corrected chi connectivity index (χ0v) is 17.4. The molecule has 0 aromatic heterocycles. The summed E-state index contributed by atoms with van der Waals surface area (Å²) in [5.41, 5.74) is -0.354. The van der Waals surface area contributed by atoms with Crippen molar-refractivity contribution < 1.29 is 28.8 Å². The molecule has 164 valence electrons. The first-order chi connectivity index (χ1) is 14.0. The summed E-state index contributed by atoms with van der Waals surface area (Å²) in [6.45, 7) is 5.74. The molecule has 1 heterocycles. The van der Waals surface area contributed by atoms with Crippen molar-refractivity contribution in [1.29, 1.82) is 0 Å². The second-order valence-electron chi connectivity index (χ2n) is 7.80.